The van der Waals surface area contributed by atoms with Crippen LogP contribution in [0.5, 0.6) is 11.5 Å². The lowest BCUT2D eigenvalue weighted by Crippen LogP contribution is -2.22. The zero-order chi connectivity index (χ0) is 17.6. The van der Waals surface area contributed by atoms with Crippen LogP contribution in [0, 0.1) is 0 Å². The van der Waals surface area contributed by atoms with Gasteiger partial charge in [0.25, 0.3) is 0 Å². The molecule has 0 spiro atoms. The maximum atomic E-state index is 12.2. The monoisotopic (exact) mass is 340 g/mol. The van der Waals surface area contributed by atoms with Crippen LogP contribution in [-0.2, 0) is 4.79 Å². The molecule has 0 saturated heterocycles. The number of amides is 1. The summed E-state index contributed by atoms with van der Waals surface area (Å²) in [6.07, 6.45) is -4.76. The fourth-order valence-corrected chi connectivity index (χ4v) is 1.89. The van der Waals surface area contributed by atoms with Crippen molar-refractivity contribution < 1.29 is 27.4 Å². The Labute approximate surface area is 136 Å². The molecule has 2 N–H and O–H groups in total. The number of anilines is 2. The molecule has 128 valence electrons. The first-order chi connectivity index (χ1) is 11.4. The van der Waals surface area contributed by atoms with Gasteiger partial charge in [-0.05, 0) is 24.3 Å². The van der Waals surface area contributed by atoms with Crippen molar-refractivity contribution in [2.75, 3.05) is 24.3 Å². The summed E-state index contributed by atoms with van der Waals surface area (Å²) in [6.45, 7) is -0.118. The van der Waals surface area contributed by atoms with Crippen molar-refractivity contribution in [3.05, 3.63) is 48.5 Å². The first-order valence-corrected chi connectivity index (χ1v) is 6.89. The van der Waals surface area contributed by atoms with Crippen molar-refractivity contribution in [3.8, 4) is 11.5 Å². The van der Waals surface area contributed by atoms with Crippen LogP contribution in [0.1, 0.15) is 0 Å². The van der Waals surface area contributed by atoms with Gasteiger partial charge in [0.15, 0.2) is 0 Å². The van der Waals surface area contributed by atoms with E-state index in [1.807, 2.05) is 0 Å². The van der Waals surface area contributed by atoms with E-state index in [0.29, 0.717) is 17.1 Å². The van der Waals surface area contributed by atoms with E-state index >= 15 is 0 Å². The van der Waals surface area contributed by atoms with Gasteiger partial charge in [0.1, 0.15) is 11.5 Å². The highest BCUT2D eigenvalue weighted by Crippen LogP contribution is 2.25. The summed E-state index contributed by atoms with van der Waals surface area (Å²) in [5, 5.41) is 5.38. The largest absolute Gasteiger partial charge is 0.573 e. The molecule has 0 aliphatic heterocycles. The second-order valence-electron chi connectivity index (χ2n) is 4.71. The van der Waals surface area contributed by atoms with Gasteiger partial charge in [-0.1, -0.05) is 12.1 Å². The summed E-state index contributed by atoms with van der Waals surface area (Å²) in [7, 11) is 1.51. The predicted molar refractivity (Wildman–Crippen MR) is 83.2 cm³/mol. The smallest absolute Gasteiger partial charge is 0.497 e. The highest BCUT2D eigenvalue weighted by Gasteiger charge is 2.31. The molecular formula is C16H15F3N2O3. The minimum Gasteiger partial charge on any atom is -0.497 e. The summed E-state index contributed by atoms with van der Waals surface area (Å²) < 4.78 is 45.4. The van der Waals surface area contributed by atoms with Crippen molar-refractivity contribution in [1.29, 1.82) is 0 Å². The average Bonchev–Trinajstić information content (AvgIpc) is 2.52. The van der Waals surface area contributed by atoms with E-state index in [9.17, 15) is 18.0 Å². The van der Waals surface area contributed by atoms with E-state index < -0.39 is 6.36 Å². The topological polar surface area (TPSA) is 59.6 Å². The summed E-state index contributed by atoms with van der Waals surface area (Å²) in [4.78, 5) is 11.9. The molecule has 0 aliphatic carbocycles. The van der Waals surface area contributed by atoms with Crippen LogP contribution >= 0.6 is 0 Å². The third-order valence-corrected chi connectivity index (χ3v) is 2.87. The first kappa shape index (κ1) is 17.5. The van der Waals surface area contributed by atoms with Crippen molar-refractivity contribution >= 4 is 17.3 Å². The molecule has 0 atom stereocenters. The van der Waals surface area contributed by atoms with E-state index in [2.05, 4.69) is 15.4 Å². The van der Waals surface area contributed by atoms with E-state index in [-0.39, 0.29) is 18.2 Å². The highest BCUT2D eigenvalue weighted by molar-refractivity contribution is 5.93. The molecule has 0 radical (unpaired) electrons. The second-order valence-corrected chi connectivity index (χ2v) is 4.71. The van der Waals surface area contributed by atoms with Gasteiger partial charge >= 0.3 is 6.36 Å². The van der Waals surface area contributed by atoms with Gasteiger partial charge in [0.2, 0.25) is 5.91 Å². The Morgan fingerprint density at radius 3 is 2.33 bits per heavy atom. The van der Waals surface area contributed by atoms with Gasteiger partial charge in [0.05, 0.1) is 13.7 Å². The molecule has 0 fully saturated rings. The van der Waals surface area contributed by atoms with Crippen molar-refractivity contribution in [2.24, 2.45) is 0 Å². The van der Waals surface area contributed by atoms with Gasteiger partial charge < -0.3 is 20.1 Å². The molecule has 0 bridgehead atoms. The van der Waals surface area contributed by atoms with Crippen LogP contribution in [0.25, 0.3) is 0 Å². The highest BCUT2D eigenvalue weighted by atomic mass is 19.4. The summed E-state index contributed by atoms with van der Waals surface area (Å²) in [5.41, 5.74) is 0.882. The minimum atomic E-state index is -4.76. The third-order valence-electron chi connectivity index (χ3n) is 2.87. The normalized spacial score (nSPS) is 10.8. The van der Waals surface area contributed by atoms with Crippen LogP contribution in [0.4, 0.5) is 24.5 Å². The van der Waals surface area contributed by atoms with Crippen molar-refractivity contribution in [1.82, 2.24) is 0 Å². The minimum absolute atomic E-state index is 0.118. The van der Waals surface area contributed by atoms with Crippen LogP contribution in [0.3, 0.4) is 0 Å². The number of halogens is 3. The van der Waals surface area contributed by atoms with Crippen LogP contribution in [0.2, 0.25) is 0 Å². The molecule has 0 saturated carbocycles. The molecule has 2 aromatic carbocycles. The summed E-state index contributed by atoms with van der Waals surface area (Å²) >= 11 is 0. The van der Waals surface area contributed by atoms with E-state index in [4.69, 9.17) is 4.74 Å². The Hall–Kier alpha value is -2.90. The SMILES string of the molecule is COc1cccc(NC(=O)CNc2cccc(OC(F)(F)F)c2)c1. The number of hydrogen-bond donors (Lipinski definition) is 2. The fraction of sp³-hybridized carbons (Fsp3) is 0.188. The molecule has 0 heterocycles. The summed E-state index contributed by atoms with van der Waals surface area (Å²) in [5.74, 6) is -0.121. The molecule has 2 aromatic rings. The number of alkyl halides is 3. The lowest BCUT2D eigenvalue weighted by molar-refractivity contribution is -0.274. The lowest BCUT2D eigenvalue weighted by Gasteiger charge is -2.11. The first-order valence-electron chi connectivity index (χ1n) is 6.89. The van der Waals surface area contributed by atoms with E-state index in [1.54, 1.807) is 24.3 Å². The van der Waals surface area contributed by atoms with Gasteiger partial charge in [-0.3, -0.25) is 4.79 Å². The number of ether oxygens (including phenoxy) is 2. The number of methoxy groups -OCH3 is 1. The van der Waals surface area contributed by atoms with Crippen molar-refractivity contribution in [3.63, 3.8) is 0 Å². The van der Waals surface area contributed by atoms with Crippen LogP contribution in [-0.4, -0.2) is 25.9 Å². The van der Waals surface area contributed by atoms with E-state index in [1.165, 1.54) is 25.3 Å². The molecule has 24 heavy (non-hydrogen) atoms. The Balaban J connectivity index is 1.90. The Morgan fingerprint density at radius 1 is 1.04 bits per heavy atom. The quantitative estimate of drug-likeness (QED) is 0.843. The maximum absolute atomic E-state index is 12.2. The number of carbonyl (C=O) groups excluding carboxylic acids is 1. The molecule has 0 unspecified atom stereocenters. The Bertz CT molecular complexity index is 705. The molecule has 8 heteroatoms. The number of carbonyl (C=O) groups is 1. The number of benzene rings is 2. The fourth-order valence-electron chi connectivity index (χ4n) is 1.89. The number of rotatable bonds is 6. The summed E-state index contributed by atoms with van der Waals surface area (Å²) in [6, 6.07) is 12.1. The van der Waals surface area contributed by atoms with Crippen LogP contribution < -0.4 is 20.1 Å². The van der Waals surface area contributed by atoms with Crippen molar-refractivity contribution in [2.45, 2.75) is 6.36 Å². The predicted octanol–water partition coefficient (Wildman–Crippen LogP) is 3.64. The van der Waals surface area contributed by atoms with Crippen LogP contribution in [0.15, 0.2) is 48.5 Å². The van der Waals surface area contributed by atoms with E-state index in [0.717, 1.165) is 6.07 Å². The zero-order valence-electron chi connectivity index (χ0n) is 12.7. The maximum Gasteiger partial charge on any atom is 0.573 e. The molecular weight excluding hydrogens is 325 g/mol. The van der Waals surface area contributed by atoms with Gasteiger partial charge in [-0.15, -0.1) is 13.2 Å². The van der Waals surface area contributed by atoms with Gasteiger partial charge in [-0.2, -0.15) is 0 Å². The number of nitrogens with one attached hydrogen (secondary N) is 2. The Morgan fingerprint density at radius 2 is 1.67 bits per heavy atom. The van der Waals surface area contributed by atoms with Gasteiger partial charge in [-0.25, -0.2) is 0 Å². The van der Waals surface area contributed by atoms with Gasteiger partial charge in [0, 0.05) is 23.5 Å². The molecule has 1 amide bonds. The molecule has 5 nitrogen and oxygen atoms in total. The Kier molecular flexibility index (Phi) is 5.51. The second kappa shape index (κ2) is 7.58. The lowest BCUT2D eigenvalue weighted by atomic mass is 10.3. The number of hydrogen-bond acceptors (Lipinski definition) is 4. The zero-order valence-corrected chi connectivity index (χ0v) is 12.7. The molecule has 0 aliphatic rings. The molecule has 0 aromatic heterocycles. The molecule has 2 rings (SSSR count). The average molecular weight is 340 g/mol. The standard InChI is InChI=1S/C16H15F3N2O3/c1-23-13-6-3-5-12(9-13)21-15(22)10-20-11-4-2-7-14(8-11)24-16(17,18)19/h2-9,20H,10H2,1H3,(H,21,22). The third kappa shape index (κ3) is 5.71.